The number of amides is 1. The summed E-state index contributed by atoms with van der Waals surface area (Å²) in [7, 11) is 0. The fourth-order valence-electron chi connectivity index (χ4n) is 5.45. The number of hydrogen-bond donors (Lipinski definition) is 2. The van der Waals surface area contributed by atoms with Crippen molar-refractivity contribution in [3.05, 3.63) is 101 Å². The zero-order valence-electron chi connectivity index (χ0n) is 23.8. The molecule has 0 saturated carbocycles. The van der Waals surface area contributed by atoms with E-state index in [0.29, 0.717) is 35.8 Å². The summed E-state index contributed by atoms with van der Waals surface area (Å²) < 4.78 is 0. The van der Waals surface area contributed by atoms with E-state index in [9.17, 15) is 4.79 Å². The highest BCUT2D eigenvalue weighted by atomic mass is 16.1. The molecule has 1 amide bonds. The number of hydrogen-bond acceptors (Lipinski definition) is 6. The summed E-state index contributed by atoms with van der Waals surface area (Å²) in [6.07, 6.45) is 11.9. The van der Waals surface area contributed by atoms with Crippen LogP contribution in [0, 0.1) is 13.8 Å². The molecule has 1 unspecified atom stereocenters. The van der Waals surface area contributed by atoms with E-state index in [1.165, 1.54) is 47.8 Å². The summed E-state index contributed by atoms with van der Waals surface area (Å²) in [5, 5.41) is 3.01. The second-order valence-corrected chi connectivity index (χ2v) is 10.4. The van der Waals surface area contributed by atoms with Crippen LogP contribution < -0.4 is 11.1 Å². The van der Waals surface area contributed by atoms with Crippen molar-refractivity contribution < 1.29 is 4.79 Å². The molecule has 0 radical (unpaired) electrons. The van der Waals surface area contributed by atoms with Crippen molar-refractivity contribution in [3.8, 4) is 0 Å². The van der Waals surface area contributed by atoms with Gasteiger partial charge in [0.2, 0.25) is 0 Å². The second kappa shape index (κ2) is 14.5. The van der Waals surface area contributed by atoms with Gasteiger partial charge in [0, 0.05) is 38.5 Å². The van der Waals surface area contributed by atoms with Crippen LogP contribution in [0.25, 0.3) is 0 Å². The van der Waals surface area contributed by atoms with Crippen molar-refractivity contribution in [3.63, 3.8) is 0 Å². The van der Waals surface area contributed by atoms with Crippen LogP contribution in [0.5, 0.6) is 0 Å². The van der Waals surface area contributed by atoms with Crippen molar-refractivity contribution >= 4 is 11.7 Å². The molecular formula is C32H41N7O. The standard InChI is InChI=1S/C32H41N7O/c1-4-34-29(33)17-21-39(28-10-6-5-8-27-9-7-18-35-31(27)28)20-16-26-13-11-25(12-14-26)15-19-36-32(40)30-23(2)37-22-38-24(30)3/h4,7,9,11-14,18,22,28H,1,5-6,8,10,15-17,19-21H2,2-3H3,(H2,33,34)(H,36,40). The van der Waals surface area contributed by atoms with Crippen LogP contribution in [-0.4, -0.2) is 51.2 Å². The number of nitrogens with two attached hydrogens (primary N) is 1. The molecular weight excluding hydrogens is 498 g/mol. The quantitative estimate of drug-likeness (QED) is 0.197. The van der Waals surface area contributed by atoms with Crippen molar-refractivity contribution in [1.82, 2.24) is 25.2 Å². The van der Waals surface area contributed by atoms with Gasteiger partial charge in [-0.3, -0.25) is 14.7 Å². The van der Waals surface area contributed by atoms with Gasteiger partial charge >= 0.3 is 0 Å². The molecule has 3 aromatic rings. The minimum absolute atomic E-state index is 0.124. The monoisotopic (exact) mass is 539 g/mol. The number of carbonyl (C=O) groups is 1. The van der Waals surface area contributed by atoms with E-state index in [-0.39, 0.29) is 11.9 Å². The van der Waals surface area contributed by atoms with Crippen LogP contribution in [0.4, 0.5) is 0 Å². The summed E-state index contributed by atoms with van der Waals surface area (Å²) in [6, 6.07) is 13.3. The van der Waals surface area contributed by atoms with Crippen molar-refractivity contribution in [2.24, 2.45) is 10.7 Å². The molecule has 40 heavy (non-hydrogen) atoms. The van der Waals surface area contributed by atoms with Crippen LogP contribution in [0.15, 0.2) is 66.7 Å². The van der Waals surface area contributed by atoms with E-state index in [4.69, 9.17) is 10.7 Å². The molecule has 2 aromatic heterocycles. The number of benzene rings is 1. The lowest BCUT2D eigenvalue weighted by atomic mass is 10.0. The third-order valence-corrected chi connectivity index (χ3v) is 7.63. The Hall–Kier alpha value is -3.91. The highest BCUT2D eigenvalue weighted by molar-refractivity contribution is 5.96. The lowest BCUT2D eigenvalue weighted by Crippen LogP contribution is -2.34. The number of nitrogens with one attached hydrogen (secondary N) is 1. The van der Waals surface area contributed by atoms with Crippen molar-refractivity contribution in [2.75, 3.05) is 19.6 Å². The van der Waals surface area contributed by atoms with Crippen molar-refractivity contribution in [1.29, 1.82) is 0 Å². The van der Waals surface area contributed by atoms with E-state index in [1.54, 1.807) is 0 Å². The van der Waals surface area contributed by atoms with E-state index in [0.717, 1.165) is 38.8 Å². The predicted molar refractivity (Wildman–Crippen MR) is 160 cm³/mol. The highest BCUT2D eigenvalue weighted by Crippen LogP contribution is 2.32. The molecule has 3 N–H and O–H groups in total. The number of aromatic nitrogens is 3. The Balaban J connectivity index is 1.36. The van der Waals surface area contributed by atoms with Crippen LogP contribution >= 0.6 is 0 Å². The Morgan fingerprint density at radius 1 is 1.07 bits per heavy atom. The van der Waals surface area contributed by atoms with E-state index in [1.807, 2.05) is 26.1 Å². The number of amidine groups is 1. The number of aliphatic imine (C=N–C) groups is 1. The minimum Gasteiger partial charge on any atom is -0.387 e. The Kier molecular flexibility index (Phi) is 10.5. The molecule has 0 aliphatic heterocycles. The molecule has 4 rings (SSSR count). The fraction of sp³-hybridized carbons (Fsp3) is 0.406. The number of aryl methyl sites for hydroxylation is 3. The normalized spacial score (nSPS) is 15.4. The van der Waals surface area contributed by atoms with Gasteiger partial charge in [-0.15, -0.1) is 0 Å². The molecule has 210 valence electrons. The molecule has 0 bridgehead atoms. The number of rotatable bonds is 12. The summed E-state index contributed by atoms with van der Waals surface area (Å²) >= 11 is 0. The highest BCUT2D eigenvalue weighted by Gasteiger charge is 2.26. The maximum Gasteiger partial charge on any atom is 0.254 e. The Morgan fingerprint density at radius 3 is 2.52 bits per heavy atom. The molecule has 1 aliphatic rings. The largest absolute Gasteiger partial charge is 0.387 e. The van der Waals surface area contributed by atoms with Gasteiger partial charge in [-0.1, -0.05) is 43.3 Å². The molecule has 1 atom stereocenters. The topological polar surface area (TPSA) is 109 Å². The average Bonchev–Trinajstić information content (AvgIpc) is 3.17. The molecule has 0 fully saturated rings. The van der Waals surface area contributed by atoms with Crippen LogP contribution in [-0.2, 0) is 19.3 Å². The van der Waals surface area contributed by atoms with Gasteiger partial charge < -0.3 is 11.1 Å². The lowest BCUT2D eigenvalue weighted by Gasteiger charge is -2.31. The third-order valence-electron chi connectivity index (χ3n) is 7.63. The van der Waals surface area contributed by atoms with Crippen LogP contribution in [0.2, 0.25) is 0 Å². The summed E-state index contributed by atoms with van der Waals surface area (Å²) in [5.41, 5.74) is 13.1. The smallest absolute Gasteiger partial charge is 0.254 e. The first-order valence-electron chi connectivity index (χ1n) is 14.2. The maximum absolute atomic E-state index is 12.6. The number of carbonyl (C=O) groups excluding carboxylic acids is 1. The fourth-order valence-corrected chi connectivity index (χ4v) is 5.45. The summed E-state index contributed by atoms with van der Waals surface area (Å²) in [4.78, 5) is 32.4. The molecule has 8 heteroatoms. The molecule has 1 aromatic carbocycles. The summed E-state index contributed by atoms with van der Waals surface area (Å²) in [6.45, 7) is 9.63. The molecule has 8 nitrogen and oxygen atoms in total. The van der Waals surface area contributed by atoms with Crippen molar-refractivity contribution in [2.45, 2.75) is 64.8 Å². The predicted octanol–water partition coefficient (Wildman–Crippen LogP) is 4.66. The Labute approximate surface area is 237 Å². The number of fused-ring (bicyclic) bond motifs is 1. The van der Waals surface area contributed by atoms with Crippen LogP contribution in [0.1, 0.15) is 75.9 Å². The molecule has 1 aliphatic carbocycles. The maximum atomic E-state index is 12.6. The number of nitrogens with zero attached hydrogens (tertiary/aromatic N) is 5. The Morgan fingerprint density at radius 2 is 1.80 bits per heavy atom. The number of pyridine rings is 1. The first-order chi connectivity index (χ1) is 19.5. The van der Waals surface area contributed by atoms with Gasteiger partial charge in [-0.2, -0.15) is 0 Å². The first-order valence-corrected chi connectivity index (χ1v) is 14.2. The zero-order valence-corrected chi connectivity index (χ0v) is 23.8. The lowest BCUT2D eigenvalue weighted by molar-refractivity contribution is 0.0952. The minimum atomic E-state index is -0.124. The average molecular weight is 540 g/mol. The van der Waals surface area contributed by atoms with Gasteiger partial charge in [0.25, 0.3) is 5.91 Å². The molecule has 0 spiro atoms. The molecule has 0 saturated heterocycles. The van der Waals surface area contributed by atoms with E-state index in [2.05, 4.69) is 62.1 Å². The first kappa shape index (κ1) is 29.1. The van der Waals surface area contributed by atoms with Gasteiger partial charge in [0.05, 0.1) is 28.7 Å². The van der Waals surface area contributed by atoms with Gasteiger partial charge in [-0.05, 0) is 68.7 Å². The van der Waals surface area contributed by atoms with E-state index < -0.39 is 0 Å². The third kappa shape index (κ3) is 7.82. The zero-order chi connectivity index (χ0) is 28.3. The Bertz CT molecular complexity index is 1300. The summed E-state index contributed by atoms with van der Waals surface area (Å²) in [5.74, 6) is 0.483. The van der Waals surface area contributed by atoms with E-state index >= 15 is 0 Å². The van der Waals surface area contributed by atoms with Gasteiger partial charge in [-0.25, -0.2) is 15.0 Å². The second-order valence-electron chi connectivity index (χ2n) is 10.4. The van der Waals surface area contributed by atoms with Crippen LogP contribution in [0.3, 0.4) is 0 Å². The molecule has 2 heterocycles. The SMILES string of the molecule is C=CN=C(N)CCN(CCc1ccc(CCNC(=O)c2c(C)ncnc2C)cc1)C1CCCCc2cccnc21. The van der Waals surface area contributed by atoms with Gasteiger partial charge in [0.1, 0.15) is 12.2 Å². The van der Waals surface area contributed by atoms with Gasteiger partial charge in [0.15, 0.2) is 0 Å².